The van der Waals surface area contributed by atoms with Crippen molar-refractivity contribution < 1.29 is 8.95 Å². The predicted octanol–water partition coefficient (Wildman–Crippen LogP) is 3.09. The minimum absolute atomic E-state index is 0.447. The van der Waals surface area contributed by atoms with Crippen LogP contribution in [0, 0.1) is 5.92 Å². The van der Waals surface area contributed by atoms with Crippen LogP contribution in [0.25, 0.3) is 0 Å². The molecule has 102 valence electrons. The average Bonchev–Trinajstić information content (AvgIpc) is 2.31. The molecule has 0 radical (unpaired) electrons. The topological polar surface area (TPSA) is 52.3 Å². The summed E-state index contributed by atoms with van der Waals surface area (Å²) in [5.74, 6) is 1.07. The molecule has 3 nitrogen and oxygen atoms in total. The summed E-state index contributed by atoms with van der Waals surface area (Å²) in [6.45, 7) is 5.48. The first kappa shape index (κ1) is 15.5. The second-order valence-electron chi connectivity index (χ2n) is 4.53. The minimum Gasteiger partial charge on any atom is -0.398 e. The molecule has 0 spiro atoms. The summed E-state index contributed by atoms with van der Waals surface area (Å²) < 4.78 is 17.4. The Morgan fingerprint density at radius 1 is 1.39 bits per heavy atom. The summed E-state index contributed by atoms with van der Waals surface area (Å²) in [5.41, 5.74) is 6.28. The van der Waals surface area contributed by atoms with Crippen LogP contribution in [0.2, 0.25) is 5.02 Å². The smallest absolute Gasteiger partial charge is 0.0633 e. The van der Waals surface area contributed by atoms with Gasteiger partial charge in [-0.05, 0) is 30.5 Å². The molecule has 0 aliphatic heterocycles. The lowest BCUT2D eigenvalue weighted by atomic mass is 10.1. The molecule has 0 aliphatic rings. The van der Waals surface area contributed by atoms with Crippen LogP contribution in [0.1, 0.15) is 20.3 Å². The third-order valence-electron chi connectivity index (χ3n) is 2.47. The monoisotopic (exact) mass is 289 g/mol. The Bertz CT molecular complexity index is 410. The zero-order chi connectivity index (χ0) is 13.5. The van der Waals surface area contributed by atoms with E-state index in [1.807, 2.05) is 0 Å². The second kappa shape index (κ2) is 7.77. The Morgan fingerprint density at radius 3 is 2.78 bits per heavy atom. The first-order chi connectivity index (χ1) is 8.50. The van der Waals surface area contributed by atoms with E-state index in [1.54, 1.807) is 18.2 Å². The molecule has 1 aromatic rings. The van der Waals surface area contributed by atoms with Crippen molar-refractivity contribution in [2.24, 2.45) is 5.92 Å². The number of anilines is 1. The molecule has 0 heterocycles. The van der Waals surface area contributed by atoms with Crippen LogP contribution >= 0.6 is 11.6 Å². The van der Waals surface area contributed by atoms with Gasteiger partial charge in [0.25, 0.3) is 0 Å². The van der Waals surface area contributed by atoms with Crippen molar-refractivity contribution in [2.75, 3.05) is 24.7 Å². The third-order valence-corrected chi connectivity index (χ3v) is 4.09. The van der Waals surface area contributed by atoms with Gasteiger partial charge in [-0.3, -0.25) is 4.21 Å². The van der Waals surface area contributed by atoms with E-state index in [-0.39, 0.29) is 0 Å². The van der Waals surface area contributed by atoms with E-state index < -0.39 is 10.8 Å². The second-order valence-corrected chi connectivity index (χ2v) is 6.50. The largest absolute Gasteiger partial charge is 0.398 e. The summed E-state index contributed by atoms with van der Waals surface area (Å²) >= 11 is 5.86. The molecule has 0 aliphatic carbocycles. The molecule has 5 heteroatoms. The van der Waals surface area contributed by atoms with Gasteiger partial charge in [0, 0.05) is 17.3 Å². The first-order valence-electron chi connectivity index (χ1n) is 6.02. The molecule has 0 aromatic heterocycles. The quantitative estimate of drug-likeness (QED) is 0.620. The fourth-order valence-corrected chi connectivity index (χ4v) is 2.69. The molecule has 1 atom stereocenters. The molecule has 0 fully saturated rings. The van der Waals surface area contributed by atoms with Gasteiger partial charge in [0.2, 0.25) is 0 Å². The summed E-state index contributed by atoms with van der Waals surface area (Å²) in [5, 5.41) is 0.549. The van der Waals surface area contributed by atoms with Gasteiger partial charge in [-0.2, -0.15) is 0 Å². The first-order valence-corrected chi connectivity index (χ1v) is 7.71. The average molecular weight is 290 g/mol. The maximum Gasteiger partial charge on any atom is 0.0633 e. The van der Waals surface area contributed by atoms with Crippen LogP contribution in [0.3, 0.4) is 0 Å². The Balaban J connectivity index is 2.39. The van der Waals surface area contributed by atoms with Crippen LogP contribution < -0.4 is 5.73 Å². The normalized spacial score (nSPS) is 12.9. The van der Waals surface area contributed by atoms with Gasteiger partial charge in [-0.15, -0.1) is 0 Å². The Labute approximate surface area is 116 Å². The number of rotatable bonds is 7. The highest BCUT2D eigenvalue weighted by Gasteiger charge is 2.08. The number of nitrogens with two attached hydrogens (primary N) is 1. The molecular formula is C13H20ClNO2S. The van der Waals surface area contributed by atoms with Gasteiger partial charge in [0.05, 0.1) is 28.1 Å². The van der Waals surface area contributed by atoms with Crippen LogP contribution in [0.15, 0.2) is 23.1 Å². The summed E-state index contributed by atoms with van der Waals surface area (Å²) in [4.78, 5) is 0.593. The molecule has 0 amide bonds. The minimum atomic E-state index is -1.15. The molecule has 1 rings (SSSR count). The van der Waals surface area contributed by atoms with E-state index >= 15 is 0 Å². The van der Waals surface area contributed by atoms with Crippen molar-refractivity contribution in [1.82, 2.24) is 0 Å². The maximum absolute atomic E-state index is 12.0. The maximum atomic E-state index is 12.0. The number of hydrogen-bond donors (Lipinski definition) is 1. The van der Waals surface area contributed by atoms with Crippen molar-refractivity contribution in [3.05, 3.63) is 23.2 Å². The molecule has 0 saturated carbocycles. The van der Waals surface area contributed by atoms with Crippen LogP contribution in [-0.2, 0) is 15.5 Å². The van der Waals surface area contributed by atoms with Gasteiger partial charge < -0.3 is 10.5 Å². The number of ether oxygens (including phenoxy) is 1. The van der Waals surface area contributed by atoms with Gasteiger partial charge in [0.1, 0.15) is 0 Å². The Hall–Kier alpha value is -0.580. The SMILES string of the molecule is CC(C)CCOCCS(=O)c1cc(Cl)ccc1N. The highest BCUT2D eigenvalue weighted by molar-refractivity contribution is 7.85. The number of nitrogen functional groups attached to an aromatic ring is 1. The highest BCUT2D eigenvalue weighted by atomic mass is 35.5. The molecule has 1 unspecified atom stereocenters. The highest BCUT2D eigenvalue weighted by Crippen LogP contribution is 2.21. The van der Waals surface area contributed by atoms with E-state index in [0.717, 1.165) is 6.42 Å². The van der Waals surface area contributed by atoms with Gasteiger partial charge in [-0.25, -0.2) is 0 Å². The van der Waals surface area contributed by atoms with Crippen molar-refractivity contribution in [2.45, 2.75) is 25.2 Å². The van der Waals surface area contributed by atoms with Gasteiger partial charge >= 0.3 is 0 Å². The van der Waals surface area contributed by atoms with Crippen molar-refractivity contribution in [3.63, 3.8) is 0 Å². The van der Waals surface area contributed by atoms with Crippen molar-refractivity contribution in [1.29, 1.82) is 0 Å². The van der Waals surface area contributed by atoms with Crippen molar-refractivity contribution in [3.8, 4) is 0 Å². The lowest BCUT2D eigenvalue weighted by Gasteiger charge is -2.08. The zero-order valence-corrected chi connectivity index (χ0v) is 12.4. The molecule has 0 bridgehead atoms. The van der Waals surface area contributed by atoms with E-state index in [2.05, 4.69) is 13.8 Å². The third kappa shape index (κ3) is 5.38. The molecule has 18 heavy (non-hydrogen) atoms. The summed E-state index contributed by atoms with van der Waals surface area (Å²) in [6.07, 6.45) is 1.02. The van der Waals surface area contributed by atoms with Gasteiger partial charge in [-0.1, -0.05) is 25.4 Å². The summed E-state index contributed by atoms with van der Waals surface area (Å²) in [7, 11) is -1.15. The van der Waals surface area contributed by atoms with E-state index in [1.165, 1.54) is 0 Å². The lowest BCUT2D eigenvalue weighted by Crippen LogP contribution is -2.09. The van der Waals surface area contributed by atoms with Crippen LogP contribution in [0.5, 0.6) is 0 Å². The zero-order valence-electron chi connectivity index (χ0n) is 10.8. The van der Waals surface area contributed by atoms with Crippen molar-refractivity contribution >= 4 is 28.1 Å². The van der Waals surface area contributed by atoms with E-state index in [0.29, 0.717) is 40.5 Å². The fourth-order valence-electron chi connectivity index (χ4n) is 1.37. The predicted molar refractivity (Wildman–Crippen MR) is 77.4 cm³/mol. The van der Waals surface area contributed by atoms with Gasteiger partial charge in [0.15, 0.2) is 0 Å². The number of halogens is 1. The lowest BCUT2D eigenvalue weighted by molar-refractivity contribution is 0.138. The molecule has 1 aromatic carbocycles. The van der Waals surface area contributed by atoms with Crippen LogP contribution in [0.4, 0.5) is 5.69 Å². The standard InChI is InChI=1S/C13H20ClNO2S/c1-10(2)5-6-17-7-8-18(16)13-9-11(14)3-4-12(13)15/h3-4,9-10H,5-8,15H2,1-2H3. The Kier molecular flexibility index (Phi) is 6.68. The number of hydrogen-bond acceptors (Lipinski definition) is 3. The van der Waals surface area contributed by atoms with E-state index in [9.17, 15) is 4.21 Å². The summed E-state index contributed by atoms with van der Waals surface area (Å²) in [6, 6.07) is 5.02. The fraction of sp³-hybridized carbons (Fsp3) is 0.538. The molecule has 2 N–H and O–H groups in total. The number of benzene rings is 1. The molecule has 0 saturated heterocycles. The van der Waals surface area contributed by atoms with E-state index in [4.69, 9.17) is 22.1 Å². The Morgan fingerprint density at radius 2 is 2.11 bits per heavy atom. The van der Waals surface area contributed by atoms with Crippen LogP contribution in [-0.4, -0.2) is 23.2 Å². The molecular weight excluding hydrogens is 270 g/mol.